The number of carbonyl (C=O) groups is 1. The van der Waals surface area contributed by atoms with E-state index in [0.29, 0.717) is 23.0 Å². The molecule has 126 valence electrons. The number of hydrogen-bond donors (Lipinski definition) is 2. The van der Waals surface area contributed by atoms with Crippen molar-refractivity contribution in [2.24, 2.45) is 5.73 Å². The van der Waals surface area contributed by atoms with Gasteiger partial charge in [0.25, 0.3) is 5.91 Å². The maximum atomic E-state index is 12.1. The molecule has 1 aromatic carbocycles. The normalized spacial score (nSPS) is 12.6. The highest BCUT2D eigenvalue weighted by Gasteiger charge is 2.21. The van der Waals surface area contributed by atoms with Gasteiger partial charge >= 0.3 is 0 Å². The van der Waals surface area contributed by atoms with Crippen LogP contribution in [0.3, 0.4) is 0 Å². The number of halogens is 2. The van der Waals surface area contributed by atoms with Crippen molar-refractivity contribution in [3.05, 3.63) is 28.2 Å². The summed E-state index contributed by atoms with van der Waals surface area (Å²) in [5.41, 5.74) is 6.00. The first-order chi connectivity index (χ1) is 9.66. The molecule has 0 aliphatic heterocycles. The number of nitrogens with zero attached hydrogens (tertiary/aromatic N) is 1. The van der Waals surface area contributed by atoms with Crippen molar-refractivity contribution in [2.75, 3.05) is 20.6 Å². The van der Waals surface area contributed by atoms with Gasteiger partial charge in [0.2, 0.25) is 10.0 Å². The Bertz CT molecular complexity index is 621. The zero-order valence-corrected chi connectivity index (χ0v) is 15.9. The fourth-order valence-electron chi connectivity index (χ4n) is 1.56. The van der Waals surface area contributed by atoms with Gasteiger partial charge in [-0.15, -0.1) is 12.4 Å². The molecular formula is C13H21BrClN3O3S. The van der Waals surface area contributed by atoms with Crippen LogP contribution in [0.25, 0.3) is 0 Å². The third kappa shape index (κ3) is 5.51. The summed E-state index contributed by atoms with van der Waals surface area (Å²) in [5, 5.41) is 2.74. The summed E-state index contributed by atoms with van der Waals surface area (Å²) in [7, 11) is -0.631. The summed E-state index contributed by atoms with van der Waals surface area (Å²) in [6.07, 6.45) is 0.681. The van der Waals surface area contributed by atoms with E-state index in [4.69, 9.17) is 5.73 Å². The molecule has 0 saturated carbocycles. The van der Waals surface area contributed by atoms with Gasteiger partial charge in [0.15, 0.2) is 0 Å². The lowest BCUT2D eigenvalue weighted by molar-refractivity contribution is 0.0952. The lowest BCUT2D eigenvalue weighted by Gasteiger charge is -2.13. The van der Waals surface area contributed by atoms with Crippen LogP contribution in [0.1, 0.15) is 23.7 Å². The van der Waals surface area contributed by atoms with Crippen molar-refractivity contribution in [3.63, 3.8) is 0 Å². The Morgan fingerprint density at radius 1 is 1.41 bits per heavy atom. The second-order valence-corrected chi connectivity index (χ2v) is 7.93. The lowest BCUT2D eigenvalue weighted by atomic mass is 10.2. The maximum absolute atomic E-state index is 12.1. The van der Waals surface area contributed by atoms with Crippen LogP contribution < -0.4 is 11.1 Å². The van der Waals surface area contributed by atoms with Crippen molar-refractivity contribution in [1.29, 1.82) is 0 Å². The third-order valence-electron chi connectivity index (χ3n) is 2.84. The van der Waals surface area contributed by atoms with E-state index in [1.807, 2.05) is 6.92 Å². The number of amides is 1. The quantitative estimate of drug-likeness (QED) is 0.739. The van der Waals surface area contributed by atoms with E-state index >= 15 is 0 Å². The average Bonchev–Trinajstić information content (AvgIpc) is 2.37. The molecule has 0 aliphatic carbocycles. The highest BCUT2D eigenvalue weighted by molar-refractivity contribution is 9.10. The van der Waals surface area contributed by atoms with Gasteiger partial charge in [-0.05, 0) is 47.5 Å². The molecule has 1 aromatic rings. The van der Waals surface area contributed by atoms with Crippen LogP contribution in [0.2, 0.25) is 0 Å². The predicted octanol–water partition coefficient (Wildman–Crippen LogP) is 1.59. The standard InChI is InChI=1S/C13H20BrN3O3S.ClH/c1-9(15)6-7-16-13(18)10-4-5-12(11(14)8-10)21(19,20)17(2)3;/h4-5,8-9H,6-7,15H2,1-3H3,(H,16,18);1H. The van der Waals surface area contributed by atoms with Crippen LogP contribution in [-0.4, -0.2) is 45.3 Å². The third-order valence-corrected chi connectivity index (χ3v) is 5.63. The first-order valence-electron chi connectivity index (χ1n) is 6.42. The Hall–Kier alpha value is -0.670. The molecule has 0 heterocycles. The fraction of sp³-hybridized carbons (Fsp3) is 0.462. The molecular weight excluding hydrogens is 394 g/mol. The van der Waals surface area contributed by atoms with Crippen LogP contribution >= 0.6 is 28.3 Å². The summed E-state index contributed by atoms with van der Waals surface area (Å²) in [6.45, 7) is 2.34. The maximum Gasteiger partial charge on any atom is 0.251 e. The number of carbonyl (C=O) groups excluding carboxylic acids is 1. The molecule has 0 aromatic heterocycles. The van der Waals surface area contributed by atoms with Gasteiger partial charge in [-0.25, -0.2) is 12.7 Å². The SMILES string of the molecule is CC(N)CCNC(=O)c1ccc(S(=O)(=O)N(C)C)c(Br)c1.Cl. The smallest absolute Gasteiger partial charge is 0.251 e. The molecule has 1 amide bonds. The highest BCUT2D eigenvalue weighted by Crippen LogP contribution is 2.25. The molecule has 9 heteroatoms. The molecule has 0 spiro atoms. The summed E-state index contributed by atoms with van der Waals surface area (Å²) in [5.74, 6) is -0.259. The minimum absolute atomic E-state index is 0. The molecule has 0 bridgehead atoms. The van der Waals surface area contributed by atoms with Crippen molar-refractivity contribution in [3.8, 4) is 0 Å². The monoisotopic (exact) mass is 413 g/mol. The van der Waals surface area contributed by atoms with Gasteiger partial charge in [0, 0.05) is 36.7 Å². The summed E-state index contributed by atoms with van der Waals surface area (Å²) >= 11 is 3.21. The van der Waals surface area contributed by atoms with Crippen LogP contribution in [-0.2, 0) is 10.0 Å². The fourth-order valence-corrected chi connectivity index (χ4v) is 3.49. The van der Waals surface area contributed by atoms with Crippen molar-refractivity contribution in [1.82, 2.24) is 9.62 Å². The van der Waals surface area contributed by atoms with Crippen molar-refractivity contribution in [2.45, 2.75) is 24.3 Å². The second-order valence-electron chi connectivity index (χ2n) is 4.95. The summed E-state index contributed by atoms with van der Waals surface area (Å²) in [4.78, 5) is 12.1. The highest BCUT2D eigenvalue weighted by atomic mass is 79.9. The summed E-state index contributed by atoms with van der Waals surface area (Å²) < 4.78 is 25.6. The number of benzene rings is 1. The van der Waals surface area contributed by atoms with Gasteiger partial charge in [-0.2, -0.15) is 0 Å². The van der Waals surface area contributed by atoms with Crippen molar-refractivity contribution >= 4 is 44.3 Å². The largest absolute Gasteiger partial charge is 0.352 e. The summed E-state index contributed by atoms with van der Waals surface area (Å²) in [6, 6.07) is 4.42. The van der Waals surface area contributed by atoms with E-state index < -0.39 is 10.0 Å². The number of nitrogens with two attached hydrogens (primary N) is 1. The molecule has 0 fully saturated rings. The van der Waals surface area contributed by atoms with E-state index in [9.17, 15) is 13.2 Å². The van der Waals surface area contributed by atoms with Crippen molar-refractivity contribution < 1.29 is 13.2 Å². The number of hydrogen-bond acceptors (Lipinski definition) is 4. The molecule has 6 nitrogen and oxygen atoms in total. The molecule has 3 N–H and O–H groups in total. The van der Waals surface area contributed by atoms with E-state index in [0.717, 1.165) is 4.31 Å². The first kappa shape index (κ1) is 21.3. The van der Waals surface area contributed by atoms with E-state index in [-0.39, 0.29) is 29.3 Å². The zero-order valence-electron chi connectivity index (χ0n) is 12.7. The first-order valence-corrected chi connectivity index (χ1v) is 8.65. The van der Waals surface area contributed by atoms with Gasteiger partial charge in [0.05, 0.1) is 4.90 Å². The van der Waals surface area contributed by atoms with Gasteiger partial charge in [-0.3, -0.25) is 4.79 Å². The van der Waals surface area contributed by atoms with Gasteiger partial charge in [0.1, 0.15) is 0 Å². The Morgan fingerprint density at radius 2 is 2.00 bits per heavy atom. The van der Waals surface area contributed by atoms with Crippen LogP contribution in [0.15, 0.2) is 27.6 Å². The molecule has 1 rings (SSSR count). The second kappa shape index (κ2) is 8.83. The molecule has 1 unspecified atom stereocenters. The van der Waals surface area contributed by atoms with E-state index in [1.54, 1.807) is 0 Å². The predicted molar refractivity (Wildman–Crippen MR) is 92.9 cm³/mol. The number of rotatable bonds is 6. The average molecular weight is 415 g/mol. The molecule has 0 aliphatic rings. The van der Waals surface area contributed by atoms with Gasteiger partial charge in [-0.1, -0.05) is 0 Å². The molecule has 0 saturated heterocycles. The van der Waals surface area contributed by atoms with Crippen LogP contribution in [0.5, 0.6) is 0 Å². The number of sulfonamides is 1. The van der Waals surface area contributed by atoms with E-state index in [2.05, 4.69) is 21.2 Å². The lowest BCUT2D eigenvalue weighted by Crippen LogP contribution is -2.29. The van der Waals surface area contributed by atoms with E-state index in [1.165, 1.54) is 32.3 Å². The topological polar surface area (TPSA) is 92.5 Å². The minimum Gasteiger partial charge on any atom is -0.352 e. The van der Waals surface area contributed by atoms with Gasteiger partial charge < -0.3 is 11.1 Å². The number of nitrogens with one attached hydrogen (secondary N) is 1. The Kier molecular flexibility index (Phi) is 8.56. The molecule has 1 atom stereocenters. The Labute approximate surface area is 146 Å². The molecule has 22 heavy (non-hydrogen) atoms. The molecule has 0 radical (unpaired) electrons. The zero-order chi connectivity index (χ0) is 16.2. The minimum atomic E-state index is -3.54. The van der Waals surface area contributed by atoms with Crippen LogP contribution in [0, 0.1) is 0 Å². The Balaban J connectivity index is 0.00000441. The Morgan fingerprint density at radius 3 is 2.45 bits per heavy atom. The van der Waals surface area contributed by atoms with Crippen LogP contribution in [0.4, 0.5) is 0 Å².